The summed E-state index contributed by atoms with van der Waals surface area (Å²) in [5.74, 6) is 0.901. The molecule has 2 aromatic rings. The molecule has 0 unspecified atom stereocenters. The Bertz CT molecular complexity index is 554. The van der Waals surface area contributed by atoms with Crippen LogP contribution in [0.2, 0.25) is 0 Å². The van der Waals surface area contributed by atoms with Crippen molar-refractivity contribution in [2.24, 2.45) is 0 Å². The van der Waals surface area contributed by atoms with Gasteiger partial charge in [-0.1, -0.05) is 31.5 Å². The fourth-order valence-corrected chi connectivity index (χ4v) is 2.24. The first-order valence-electron chi connectivity index (χ1n) is 7.68. The van der Waals surface area contributed by atoms with Gasteiger partial charge in [-0.15, -0.1) is 0 Å². The maximum absolute atomic E-state index is 5.53. The van der Waals surface area contributed by atoms with Gasteiger partial charge in [0.25, 0.3) is 0 Å². The molecule has 21 heavy (non-hydrogen) atoms. The second-order valence-corrected chi connectivity index (χ2v) is 5.19. The molecule has 0 aliphatic heterocycles. The van der Waals surface area contributed by atoms with Crippen molar-refractivity contribution in [3.63, 3.8) is 0 Å². The number of unbranched alkanes of at least 4 members (excludes halogenated alkanes) is 1. The second kappa shape index (κ2) is 8.65. The topological polar surface area (TPSA) is 30.5 Å². The lowest BCUT2D eigenvalue weighted by molar-refractivity contribution is 0.133. The summed E-state index contributed by atoms with van der Waals surface area (Å²) in [5.41, 5.74) is 1.29. The Kier molecular flexibility index (Phi) is 6.51. The number of ether oxygens (including phenoxy) is 2. The molecule has 0 aromatic heterocycles. The van der Waals surface area contributed by atoms with E-state index in [9.17, 15) is 0 Å². The number of benzene rings is 2. The summed E-state index contributed by atoms with van der Waals surface area (Å²) >= 11 is 0. The Morgan fingerprint density at radius 2 is 1.81 bits per heavy atom. The van der Waals surface area contributed by atoms with Gasteiger partial charge in [0.15, 0.2) is 0 Å². The molecule has 114 valence electrons. The van der Waals surface area contributed by atoms with Gasteiger partial charge in [0.05, 0.1) is 13.7 Å². The van der Waals surface area contributed by atoms with E-state index in [1.54, 1.807) is 7.11 Å². The van der Waals surface area contributed by atoms with Gasteiger partial charge in [-0.05, 0) is 41.0 Å². The van der Waals surface area contributed by atoms with Crippen molar-refractivity contribution in [3.05, 3.63) is 42.0 Å². The summed E-state index contributed by atoms with van der Waals surface area (Å²) in [6, 6.07) is 12.7. The van der Waals surface area contributed by atoms with Gasteiger partial charge in [-0.3, -0.25) is 0 Å². The van der Waals surface area contributed by atoms with Crippen LogP contribution in [0, 0.1) is 0 Å². The van der Waals surface area contributed by atoms with E-state index >= 15 is 0 Å². The SMILES string of the molecule is CCCCOCCNCc1ccc2cc(OC)ccc2c1. The van der Waals surface area contributed by atoms with Crippen LogP contribution in [-0.4, -0.2) is 26.9 Å². The van der Waals surface area contributed by atoms with E-state index in [-0.39, 0.29) is 0 Å². The highest BCUT2D eigenvalue weighted by molar-refractivity contribution is 5.84. The van der Waals surface area contributed by atoms with Gasteiger partial charge >= 0.3 is 0 Å². The monoisotopic (exact) mass is 287 g/mol. The third-order valence-corrected chi connectivity index (χ3v) is 3.51. The maximum Gasteiger partial charge on any atom is 0.119 e. The van der Waals surface area contributed by atoms with Crippen molar-refractivity contribution in [2.75, 3.05) is 26.9 Å². The lowest BCUT2D eigenvalue weighted by Crippen LogP contribution is -2.19. The summed E-state index contributed by atoms with van der Waals surface area (Å²) < 4.78 is 10.8. The molecule has 2 rings (SSSR count). The molecule has 0 atom stereocenters. The Morgan fingerprint density at radius 1 is 1.00 bits per heavy atom. The Balaban J connectivity index is 1.80. The van der Waals surface area contributed by atoms with Crippen molar-refractivity contribution in [3.8, 4) is 5.75 Å². The molecule has 0 aliphatic carbocycles. The first kappa shape index (κ1) is 15.8. The average molecular weight is 287 g/mol. The first-order chi connectivity index (χ1) is 10.3. The van der Waals surface area contributed by atoms with E-state index in [0.29, 0.717) is 0 Å². The van der Waals surface area contributed by atoms with Crippen LogP contribution in [0.5, 0.6) is 5.75 Å². The molecule has 0 fully saturated rings. The van der Waals surface area contributed by atoms with Crippen LogP contribution >= 0.6 is 0 Å². The van der Waals surface area contributed by atoms with E-state index in [1.807, 2.05) is 6.07 Å². The lowest BCUT2D eigenvalue weighted by Gasteiger charge is -2.08. The lowest BCUT2D eigenvalue weighted by atomic mass is 10.1. The predicted octanol–water partition coefficient (Wildman–Crippen LogP) is 3.75. The fraction of sp³-hybridized carbons (Fsp3) is 0.444. The largest absolute Gasteiger partial charge is 0.497 e. The number of rotatable bonds is 9. The molecular formula is C18H25NO2. The molecule has 3 heteroatoms. The summed E-state index contributed by atoms with van der Waals surface area (Å²) in [5, 5.41) is 5.87. The van der Waals surface area contributed by atoms with Crippen LogP contribution in [-0.2, 0) is 11.3 Å². The van der Waals surface area contributed by atoms with E-state index < -0.39 is 0 Å². The van der Waals surface area contributed by atoms with Crippen molar-refractivity contribution in [1.29, 1.82) is 0 Å². The van der Waals surface area contributed by atoms with E-state index in [4.69, 9.17) is 9.47 Å². The zero-order valence-corrected chi connectivity index (χ0v) is 13.0. The summed E-state index contributed by atoms with van der Waals surface area (Å²) in [6.45, 7) is 5.60. The molecule has 0 amide bonds. The van der Waals surface area contributed by atoms with Crippen LogP contribution in [0.25, 0.3) is 10.8 Å². The van der Waals surface area contributed by atoms with Crippen LogP contribution in [0.1, 0.15) is 25.3 Å². The van der Waals surface area contributed by atoms with Crippen LogP contribution in [0.15, 0.2) is 36.4 Å². The predicted molar refractivity (Wildman–Crippen MR) is 87.9 cm³/mol. The zero-order valence-electron chi connectivity index (χ0n) is 13.0. The molecule has 0 bridgehead atoms. The Morgan fingerprint density at radius 3 is 2.62 bits per heavy atom. The third-order valence-electron chi connectivity index (χ3n) is 3.51. The average Bonchev–Trinajstić information content (AvgIpc) is 2.53. The van der Waals surface area contributed by atoms with Gasteiger partial charge < -0.3 is 14.8 Å². The van der Waals surface area contributed by atoms with E-state index in [0.717, 1.165) is 38.5 Å². The van der Waals surface area contributed by atoms with Gasteiger partial charge in [-0.25, -0.2) is 0 Å². The van der Waals surface area contributed by atoms with Crippen molar-refractivity contribution >= 4 is 10.8 Å². The number of fused-ring (bicyclic) bond motifs is 1. The summed E-state index contributed by atoms with van der Waals surface area (Å²) in [4.78, 5) is 0. The van der Waals surface area contributed by atoms with Crippen molar-refractivity contribution in [2.45, 2.75) is 26.3 Å². The molecule has 0 saturated heterocycles. The quantitative estimate of drug-likeness (QED) is 0.712. The maximum atomic E-state index is 5.53. The molecule has 1 N–H and O–H groups in total. The molecule has 0 aliphatic rings. The highest BCUT2D eigenvalue weighted by atomic mass is 16.5. The van der Waals surface area contributed by atoms with Crippen molar-refractivity contribution in [1.82, 2.24) is 5.32 Å². The highest BCUT2D eigenvalue weighted by Gasteiger charge is 1.99. The number of hydrogen-bond acceptors (Lipinski definition) is 3. The molecule has 0 heterocycles. The smallest absolute Gasteiger partial charge is 0.119 e. The highest BCUT2D eigenvalue weighted by Crippen LogP contribution is 2.21. The Labute approximate surface area is 127 Å². The van der Waals surface area contributed by atoms with Crippen LogP contribution in [0.4, 0.5) is 0 Å². The first-order valence-corrected chi connectivity index (χ1v) is 7.68. The summed E-state index contributed by atoms with van der Waals surface area (Å²) in [7, 11) is 1.70. The second-order valence-electron chi connectivity index (χ2n) is 5.19. The van der Waals surface area contributed by atoms with Gasteiger partial charge in [0.2, 0.25) is 0 Å². The van der Waals surface area contributed by atoms with Crippen LogP contribution in [0.3, 0.4) is 0 Å². The minimum atomic E-state index is 0.783. The third kappa shape index (κ3) is 5.03. The minimum absolute atomic E-state index is 0.783. The van der Waals surface area contributed by atoms with Crippen molar-refractivity contribution < 1.29 is 9.47 Å². The number of nitrogens with one attached hydrogen (secondary N) is 1. The normalized spacial score (nSPS) is 11.0. The van der Waals surface area contributed by atoms with Gasteiger partial charge in [-0.2, -0.15) is 0 Å². The van der Waals surface area contributed by atoms with E-state index in [1.165, 1.54) is 22.8 Å². The minimum Gasteiger partial charge on any atom is -0.497 e. The molecule has 3 nitrogen and oxygen atoms in total. The number of hydrogen-bond donors (Lipinski definition) is 1. The van der Waals surface area contributed by atoms with Crippen LogP contribution < -0.4 is 10.1 Å². The molecule has 0 radical (unpaired) electrons. The molecule has 0 spiro atoms. The summed E-state index contributed by atoms with van der Waals surface area (Å²) in [6.07, 6.45) is 2.34. The molecule has 0 saturated carbocycles. The van der Waals surface area contributed by atoms with Gasteiger partial charge in [0.1, 0.15) is 5.75 Å². The molecular weight excluding hydrogens is 262 g/mol. The standard InChI is InChI=1S/C18H25NO2/c1-3-4-10-21-11-9-19-14-15-5-6-17-13-18(20-2)8-7-16(17)12-15/h5-8,12-13,19H,3-4,9-11,14H2,1-2H3. The van der Waals surface area contributed by atoms with Gasteiger partial charge in [0, 0.05) is 19.7 Å². The van der Waals surface area contributed by atoms with E-state index in [2.05, 4.69) is 42.6 Å². The fourth-order valence-electron chi connectivity index (χ4n) is 2.24. The molecule has 2 aromatic carbocycles. The number of methoxy groups -OCH3 is 1. The Hall–Kier alpha value is -1.58. The zero-order chi connectivity index (χ0) is 14.9.